The number of benzene rings is 2. The molecule has 1 aromatic heterocycles. The third kappa shape index (κ3) is 4.37. The number of aromatic nitrogens is 1. The molecule has 134 valence electrons. The minimum absolute atomic E-state index is 0.368. The lowest BCUT2D eigenvalue weighted by Crippen LogP contribution is -2.20. The van der Waals surface area contributed by atoms with Crippen molar-refractivity contribution in [2.45, 2.75) is 13.8 Å². The zero-order chi connectivity index (χ0) is 18.5. The Morgan fingerprint density at radius 3 is 2.65 bits per heavy atom. The Morgan fingerprint density at radius 1 is 1.15 bits per heavy atom. The van der Waals surface area contributed by atoms with Crippen LogP contribution in [0.3, 0.4) is 0 Å². The Morgan fingerprint density at radius 2 is 1.92 bits per heavy atom. The number of hydrogen-bond acceptors (Lipinski definition) is 6. The highest BCUT2D eigenvalue weighted by Gasteiger charge is 2.12. The molecule has 0 aliphatic heterocycles. The Hall–Kier alpha value is -2.93. The van der Waals surface area contributed by atoms with Crippen LogP contribution in [0.4, 0.5) is 5.13 Å². The first kappa shape index (κ1) is 17.9. The van der Waals surface area contributed by atoms with Crippen molar-refractivity contribution in [3.05, 3.63) is 53.6 Å². The zero-order valence-electron chi connectivity index (χ0n) is 14.4. The molecular formula is C19H18N2O4S. The highest BCUT2D eigenvalue weighted by atomic mass is 32.1. The summed E-state index contributed by atoms with van der Waals surface area (Å²) in [5.74, 6) is -0.214. The van der Waals surface area contributed by atoms with Gasteiger partial charge in [-0.3, -0.25) is 10.1 Å². The second-order valence-corrected chi connectivity index (χ2v) is 6.60. The van der Waals surface area contributed by atoms with Crippen molar-refractivity contribution in [2.24, 2.45) is 0 Å². The third-order valence-corrected chi connectivity index (χ3v) is 4.47. The van der Waals surface area contributed by atoms with Crippen LogP contribution >= 0.6 is 11.3 Å². The van der Waals surface area contributed by atoms with Crippen LogP contribution in [-0.4, -0.2) is 30.1 Å². The third-order valence-electron chi connectivity index (χ3n) is 3.54. The number of nitrogens with zero attached hydrogens (tertiary/aromatic N) is 1. The van der Waals surface area contributed by atoms with Gasteiger partial charge in [0.25, 0.3) is 5.91 Å². The fourth-order valence-corrected chi connectivity index (χ4v) is 3.18. The molecule has 0 radical (unpaired) electrons. The predicted octanol–water partition coefficient (Wildman–Crippen LogP) is 3.80. The molecule has 3 rings (SSSR count). The number of anilines is 1. The molecule has 1 N–H and O–H groups in total. The van der Waals surface area contributed by atoms with Crippen LogP contribution < -0.4 is 10.1 Å². The van der Waals surface area contributed by atoms with Gasteiger partial charge in [0.1, 0.15) is 5.75 Å². The van der Waals surface area contributed by atoms with Gasteiger partial charge >= 0.3 is 5.97 Å². The van der Waals surface area contributed by atoms with Gasteiger partial charge in [-0.05, 0) is 44.2 Å². The van der Waals surface area contributed by atoms with Crippen LogP contribution in [-0.2, 0) is 9.53 Å². The largest absolute Gasteiger partial charge is 0.494 e. The van der Waals surface area contributed by atoms with Gasteiger partial charge in [0.2, 0.25) is 0 Å². The van der Waals surface area contributed by atoms with Gasteiger partial charge in [-0.2, -0.15) is 0 Å². The van der Waals surface area contributed by atoms with E-state index < -0.39 is 11.9 Å². The van der Waals surface area contributed by atoms with Gasteiger partial charge < -0.3 is 9.47 Å². The number of amides is 1. The number of ether oxygens (including phenoxy) is 2. The lowest BCUT2D eigenvalue weighted by Gasteiger charge is -2.04. The van der Waals surface area contributed by atoms with Crippen molar-refractivity contribution >= 4 is 38.6 Å². The summed E-state index contributed by atoms with van der Waals surface area (Å²) in [7, 11) is 0. The summed E-state index contributed by atoms with van der Waals surface area (Å²) in [6.07, 6.45) is 0. The van der Waals surface area contributed by atoms with E-state index in [-0.39, 0.29) is 6.61 Å². The van der Waals surface area contributed by atoms with E-state index in [0.717, 1.165) is 21.5 Å². The number of aryl methyl sites for hydroxylation is 1. The smallest absolute Gasteiger partial charge is 0.338 e. The maximum atomic E-state index is 12.0. The Bertz CT molecular complexity index is 934. The van der Waals surface area contributed by atoms with E-state index in [2.05, 4.69) is 10.3 Å². The van der Waals surface area contributed by atoms with Gasteiger partial charge in [-0.15, -0.1) is 0 Å². The van der Waals surface area contributed by atoms with Gasteiger partial charge in [0.15, 0.2) is 11.7 Å². The summed E-state index contributed by atoms with van der Waals surface area (Å²) in [6.45, 7) is 4.06. The number of nitrogens with one attached hydrogen (secondary N) is 1. The first-order valence-electron chi connectivity index (χ1n) is 8.12. The normalized spacial score (nSPS) is 10.5. The monoisotopic (exact) mass is 370 g/mol. The SMILES string of the molecule is CCOc1ccc2nc(NC(=O)COC(=O)c3ccc(C)cc3)sc2c1. The van der Waals surface area contributed by atoms with Crippen molar-refractivity contribution in [2.75, 3.05) is 18.5 Å². The number of carbonyl (C=O) groups is 2. The summed E-state index contributed by atoms with van der Waals surface area (Å²) in [6, 6.07) is 12.5. The Kier molecular flexibility index (Phi) is 5.48. The van der Waals surface area contributed by atoms with Gasteiger partial charge in [-0.25, -0.2) is 9.78 Å². The zero-order valence-corrected chi connectivity index (χ0v) is 15.3. The number of thiazole rings is 1. The second kappa shape index (κ2) is 7.97. The van der Waals surface area contributed by atoms with Gasteiger partial charge in [0.05, 0.1) is 22.4 Å². The average Bonchev–Trinajstić information content (AvgIpc) is 3.02. The summed E-state index contributed by atoms with van der Waals surface area (Å²) < 4.78 is 11.4. The molecule has 1 heterocycles. The summed E-state index contributed by atoms with van der Waals surface area (Å²) in [5.41, 5.74) is 2.22. The van der Waals surface area contributed by atoms with Crippen molar-refractivity contribution < 1.29 is 19.1 Å². The number of rotatable bonds is 6. The fourth-order valence-electron chi connectivity index (χ4n) is 2.27. The molecule has 0 aliphatic rings. The number of hydrogen-bond donors (Lipinski definition) is 1. The van der Waals surface area contributed by atoms with Crippen LogP contribution in [0.1, 0.15) is 22.8 Å². The molecule has 3 aromatic rings. The van der Waals surface area contributed by atoms with Gasteiger partial charge in [-0.1, -0.05) is 29.0 Å². The molecule has 2 aromatic carbocycles. The van der Waals surface area contributed by atoms with E-state index in [1.807, 2.05) is 44.2 Å². The quantitative estimate of drug-likeness (QED) is 0.668. The number of esters is 1. The number of fused-ring (bicyclic) bond motifs is 1. The molecule has 6 nitrogen and oxygen atoms in total. The molecule has 0 saturated carbocycles. The van der Waals surface area contributed by atoms with E-state index in [1.54, 1.807) is 12.1 Å². The van der Waals surface area contributed by atoms with E-state index >= 15 is 0 Å². The Balaban J connectivity index is 1.58. The van der Waals surface area contributed by atoms with Crippen LogP contribution in [0.5, 0.6) is 5.75 Å². The van der Waals surface area contributed by atoms with Crippen molar-refractivity contribution in [3.63, 3.8) is 0 Å². The highest BCUT2D eigenvalue weighted by Crippen LogP contribution is 2.29. The van der Waals surface area contributed by atoms with E-state index in [0.29, 0.717) is 17.3 Å². The molecule has 1 amide bonds. The minimum atomic E-state index is -0.536. The molecule has 0 atom stereocenters. The van der Waals surface area contributed by atoms with Crippen molar-refractivity contribution in [3.8, 4) is 5.75 Å². The average molecular weight is 370 g/mol. The lowest BCUT2D eigenvalue weighted by molar-refractivity contribution is -0.119. The lowest BCUT2D eigenvalue weighted by atomic mass is 10.1. The molecule has 26 heavy (non-hydrogen) atoms. The van der Waals surface area contributed by atoms with Crippen LogP contribution in [0.15, 0.2) is 42.5 Å². The predicted molar refractivity (Wildman–Crippen MR) is 101 cm³/mol. The van der Waals surface area contributed by atoms with Gasteiger partial charge in [0, 0.05) is 0 Å². The maximum absolute atomic E-state index is 12.0. The molecule has 0 fully saturated rings. The van der Waals surface area contributed by atoms with Crippen LogP contribution in [0, 0.1) is 6.92 Å². The fraction of sp³-hybridized carbons (Fsp3) is 0.211. The molecule has 0 bridgehead atoms. The second-order valence-electron chi connectivity index (χ2n) is 5.57. The molecule has 0 saturated heterocycles. The van der Waals surface area contributed by atoms with E-state index in [9.17, 15) is 9.59 Å². The number of carbonyl (C=O) groups excluding carboxylic acids is 2. The van der Waals surface area contributed by atoms with Crippen LogP contribution in [0.25, 0.3) is 10.2 Å². The molecule has 0 unspecified atom stereocenters. The molecular weight excluding hydrogens is 352 g/mol. The highest BCUT2D eigenvalue weighted by molar-refractivity contribution is 7.22. The summed E-state index contributed by atoms with van der Waals surface area (Å²) >= 11 is 1.33. The summed E-state index contributed by atoms with van der Waals surface area (Å²) in [4.78, 5) is 28.3. The molecule has 0 aliphatic carbocycles. The Labute approximate surface area is 154 Å². The standard InChI is InChI=1S/C19H18N2O4S/c1-3-24-14-8-9-15-16(10-14)26-19(20-15)21-17(22)11-25-18(23)13-6-4-12(2)5-7-13/h4-10H,3,11H2,1-2H3,(H,20,21,22). The minimum Gasteiger partial charge on any atom is -0.494 e. The molecule has 0 spiro atoms. The molecule has 7 heteroatoms. The van der Waals surface area contributed by atoms with Crippen molar-refractivity contribution in [1.82, 2.24) is 4.98 Å². The first-order chi connectivity index (χ1) is 12.5. The maximum Gasteiger partial charge on any atom is 0.338 e. The van der Waals surface area contributed by atoms with Crippen LogP contribution in [0.2, 0.25) is 0 Å². The topological polar surface area (TPSA) is 77.5 Å². The van der Waals surface area contributed by atoms with E-state index in [4.69, 9.17) is 9.47 Å². The van der Waals surface area contributed by atoms with E-state index in [1.165, 1.54) is 11.3 Å². The summed E-state index contributed by atoms with van der Waals surface area (Å²) in [5, 5.41) is 3.10. The first-order valence-corrected chi connectivity index (χ1v) is 8.94. The van der Waals surface area contributed by atoms with Crippen molar-refractivity contribution in [1.29, 1.82) is 0 Å².